The summed E-state index contributed by atoms with van der Waals surface area (Å²) < 4.78 is 48.6. The predicted octanol–water partition coefficient (Wildman–Crippen LogP) is 13.4. The molecular weight excluding hydrogens is 837 g/mol. The Labute approximate surface area is 343 Å². The van der Waals surface area contributed by atoms with Gasteiger partial charge in [0.05, 0.1) is 5.58 Å². The first-order valence-electron chi connectivity index (χ1n) is 20.9. The van der Waals surface area contributed by atoms with Crippen LogP contribution < -0.4 is 0 Å². The van der Waals surface area contributed by atoms with E-state index in [1.807, 2.05) is 42.6 Å². The molecule has 0 amide bonds. The Balaban J connectivity index is 0.000000289. The van der Waals surface area contributed by atoms with Crippen molar-refractivity contribution in [1.82, 2.24) is 9.97 Å². The summed E-state index contributed by atoms with van der Waals surface area (Å²) in [6.07, 6.45) is 1.31. The number of pyridine rings is 2. The van der Waals surface area contributed by atoms with Gasteiger partial charge in [0.15, 0.2) is 0 Å². The number of hydrogen-bond acceptors (Lipinski definition) is 3. The topological polar surface area (TPSA) is 38.9 Å². The Kier molecular flexibility index (Phi) is 8.78. The number of hydrogen-bond donors (Lipinski definition) is 0. The molecule has 8 rings (SSSR count). The van der Waals surface area contributed by atoms with Crippen molar-refractivity contribution in [3.8, 4) is 33.6 Å². The zero-order valence-corrected chi connectivity index (χ0v) is 35.3. The van der Waals surface area contributed by atoms with Crippen molar-refractivity contribution >= 4 is 21.9 Å². The van der Waals surface area contributed by atoms with Crippen LogP contribution in [-0.4, -0.2) is 9.97 Å². The minimum Gasteiger partial charge on any atom is -0.501 e. The fraction of sp³-hybridized carbons (Fsp3) is 0.320. The normalized spacial score (nSPS) is 16.3. The quantitative estimate of drug-likeness (QED) is 0.166. The van der Waals surface area contributed by atoms with Gasteiger partial charge in [-0.1, -0.05) is 128 Å². The van der Waals surface area contributed by atoms with Crippen LogP contribution in [0.15, 0.2) is 108 Å². The number of fused-ring (bicyclic) bond motifs is 6. The van der Waals surface area contributed by atoms with E-state index >= 15 is 0 Å². The Morgan fingerprint density at radius 3 is 2.11 bits per heavy atom. The van der Waals surface area contributed by atoms with Gasteiger partial charge in [0.25, 0.3) is 0 Å². The van der Waals surface area contributed by atoms with E-state index in [4.69, 9.17) is 11.3 Å². The average molecular weight is 894 g/mol. The fourth-order valence-electron chi connectivity index (χ4n) is 7.30. The molecule has 0 N–H and O–H groups in total. The molecule has 4 heteroatoms. The second-order valence-corrected chi connectivity index (χ2v) is 17.3. The van der Waals surface area contributed by atoms with Crippen LogP contribution in [0.1, 0.15) is 104 Å². The van der Waals surface area contributed by atoms with E-state index in [9.17, 15) is 0 Å². The molecule has 1 aliphatic carbocycles. The number of aromatic nitrogens is 2. The summed E-state index contributed by atoms with van der Waals surface area (Å²) >= 11 is 0. The number of aryl methyl sites for hydroxylation is 1. The summed E-state index contributed by atoms with van der Waals surface area (Å²) in [7, 11) is 0. The average Bonchev–Trinajstić information content (AvgIpc) is 3.54. The van der Waals surface area contributed by atoms with E-state index < -0.39 is 18.6 Å². The first kappa shape index (κ1) is 33.0. The molecule has 7 aromatic rings. The van der Waals surface area contributed by atoms with Crippen molar-refractivity contribution in [2.45, 2.75) is 98.7 Å². The Hall–Kier alpha value is -4.37. The van der Waals surface area contributed by atoms with Crippen LogP contribution in [0.3, 0.4) is 0 Å². The van der Waals surface area contributed by atoms with Crippen LogP contribution in [-0.2, 0) is 42.7 Å². The summed E-state index contributed by atoms with van der Waals surface area (Å²) in [6.45, 7) is 18.6. The van der Waals surface area contributed by atoms with Gasteiger partial charge in [-0.05, 0) is 91.8 Å². The van der Waals surface area contributed by atoms with Gasteiger partial charge in [-0.3, -0.25) is 0 Å². The Morgan fingerprint density at radius 1 is 0.722 bits per heavy atom. The fourth-order valence-corrected chi connectivity index (χ4v) is 7.30. The maximum Gasteiger partial charge on any atom is 0.121 e. The molecule has 279 valence electrons. The third kappa shape index (κ3) is 7.24. The predicted molar refractivity (Wildman–Crippen MR) is 222 cm³/mol. The van der Waals surface area contributed by atoms with Crippen LogP contribution in [0.2, 0.25) is 0 Å². The summed E-state index contributed by atoms with van der Waals surface area (Å²) in [5.41, 5.74) is 9.64. The summed E-state index contributed by atoms with van der Waals surface area (Å²) in [6, 6.07) is 36.9. The van der Waals surface area contributed by atoms with Crippen molar-refractivity contribution in [3.63, 3.8) is 0 Å². The molecule has 54 heavy (non-hydrogen) atoms. The van der Waals surface area contributed by atoms with E-state index in [1.54, 1.807) is 26.8 Å². The third-order valence-electron chi connectivity index (χ3n) is 11.0. The third-order valence-corrected chi connectivity index (χ3v) is 11.0. The second-order valence-electron chi connectivity index (χ2n) is 17.3. The summed E-state index contributed by atoms with van der Waals surface area (Å²) in [5.74, 6) is 0. The van der Waals surface area contributed by atoms with Crippen molar-refractivity contribution in [3.05, 3.63) is 143 Å². The minimum atomic E-state index is -2.51. The van der Waals surface area contributed by atoms with E-state index in [-0.39, 0.29) is 47.5 Å². The molecule has 0 bridgehead atoms. The van der Waals surface area contributed by atoms with E-state index in [2.05, 4.69) is 119 Å². The smallest absolute Gasteiger partial charge is 0.121 e. The van der Waals surface area contributed by atoms with Crippen molar-refractivity contribution in [2.75, 3.05) is 0 Å². The molecule has 3 nitrogen and oxygen atoms in total. The Bertz CT molecular complexity index is 2650. The van der Waals surface area contributed by atoms with Crippen LogP contribution >= 0.6 is 0 Å². The molecule has 1 aliphatic rings. The van der Waals surface area contributed by atoms with Crippen LogP contribution in [0.5, 0.6) is 0 Å². The molecule has 0 fully saturated rings. The van der Waals surface area contributed by atoms with E-state index in [0.717, 1.165) is 33.2 Å². The number of rotatable bonds is 3. The first-order chi connectivity index (χ1) is 26.9. The molecule has 0 aliphatic heterocycles. The van der Waals surface area contributed by atoms with Gasteiger partial charge >= 0.3 is 0 Å². The maximum atomic E-state index is 8.93. The largest absolute Gasteiger partial charge is 0.501 e. The molecule has 0 unspecified atom stereocenters. The van der Waals surface area contributed by atoms with E-state index in [0.29, 0.717) is 16.8 Å². The molecule has 1 radical (unpaired) electrons. The molecule has 0 saturated carbocycles. The Morgan fingerprint density at radius 2 is 1.44 bits per heavy atom. The van der Waals surface area contributed by atoms with Gasteiger partial charge in [-0.25, -0.2) is 0 Å². The molecule has 0 saturated heterocycles. The zero-order valence-electron chi connectivity index (χ0n) is 38.0. The second kappa shape index (κ2) is 14.4. The zero-order chi connectivity index (χ0) is 42.2. The van der Waals surface area contributed by atoms with Crippen LogP contribution in [0.25, 0.3) is 55.6 Å². The van der Waals surface area contributed by atoms with Gasteiger partial charge < -0.3 is 14.4 Å². The SMILES string of the molecule is CC(C)(C)c1ccc(-c2[c-]cccc2)nc1.[2H]C([2H])([2H])c1cnc(-c2[c-]ccc3c2oc2cc4c(cc23)C(C)(C)C(C)(C)c2ccccc2-4)cc1C([2H])([2H])C(C)(C)C.[Ir]. The first-order valence-corrected chi connectivity index (χ1v) is 18.4. The van der Waals surface area contributed by atoms with Gasteiger partial charge in [0, 0.05) is 44.7 Å². The molecule has 3 heterocycles. The molecule has 4 aromatic carbocycles. The molecule has 0 atom stereocenters. The van der Waals surface area contributed by atoms with Gasteiger partial charge in [-0.2, -0.15) is 0 Å². The van der Waals surface area contributed by atoms with E-state index in [1.165, 1.54) is 28.5 Å². The van der Waals surface area contributed by atoms with Gasteiger partial charge in [0.2, 0.25) is 0 Å². The van der Waals surface area contributed by atoms with Crippen LogP contribution in [0, 0.1) is 24.4 Å². The van der Waals surface area contributed by atoms with Crippen molar-refractivity contribution in [2.24, 2.45) is 5.41 Å². The van der Waals surface area contributed by atoms with Crippen LogP contribution in [0.4, 0.5) is 0 Å². The molecule has 3 aromatic heterocycles. The minimum absolute atomic E-state index is 0. The maximum absolute atomic E-state index is 8.93. The standard InChI is InChI=1S/C35H36NO.C15H16N.Ir/c1-21-20-36-30(16-22(21)19-33(2,3)4)25-14-11-13-24-27-17-29-26(18-31(27)37-32(24)25)23-12-9-10-15-28(23)34(5,6)35(29,7)8;1-15(2,3)13-9-10-14(16-11-13)12-7-5-4-6-8-12;/h9-13,15-18,20H,19H2,1-8H3;4-7,9-11H,1-3H3;/q2*-1;/i1D3,19D2;;. The van der Waals surface area contributed by atoms with Crippen molar-refractivity contribution in [1.29, 1.82) is 0 Å². The summed E-state index contributed by atoms with van der Waals surface area (Å²) in [4.78, 5) is 9.01. The van der Waals surface area contributed by atoms with Gasteiger partial charge in [-0.15, -0.1) is 54.1 Å². The number of furan rings is 1. The monoisotopic (exact) mass is 894 g/mol. The summed E-state index contributed by atoms with van der Waals surface area (Å²) in [5, 5.41) is 1.91. The molecular formula is C50H52IrN2O-2. The van der Waals surface area contributed by atoms with Crippen molar-refractivity contribution < 1.29 is 31.4 Å². The molecule has 0 spiro atoms. The van der Waals surface area contributed by atoms with Gasteiger partial charge in [0.1, 0.15) is 5.58 Å². The number of nitrogens with zero attached hydrogens (tertiary/aromatic N) is 2. The number of benzene rings is 4.